The fraction of sp³-hybridized carbons (Fsp3) is 0.222. The highest BCUT2D eigenvalue weighted by Crippen LogP contribution is 2.14. The number of rotatable bonds is 4. The third-order valence-electron chi connectivity index (χ3n) is 3.81. The lowest BCUT2D eigenvalue weighted by atomic mass is 10.1. The third kappa shape index (κ3) is 3.18. The van der Waals surface area contributed by atoms with Gasteiger partial charge >= 0.3 is 0 Å². The van der Waals surface area contributed by atoms with E-state index in [9.17, 15) is 9.90 Å². The molecule has 5 heteroatoms. The second-order valence-electron chi connectivity index (χ2n) is 5.65. The highest BCUT2D eigenvalue weighted by atomic mass is 16.3. The number of amides is 1. The smallest absolute Gasteiger partial charge is 0.270 e. The van der Waals surface area contributed by atoms with E-state index < -0.39 is 0 Å². The van der Waals surface area contributed by atoms with Crippen molar-refractivity contribution in [2.45, 2.75) is 20.3 Å². The van der Waals surface area contributed by atoms with Crippen LogP contribution in [0.4, 0.5) is 0 Å². The van der Waals surface area contributed by atoms with E-state index in [0.29, 0.717) is 18.7 Å². The number of carbonyl (C=O) groups is 1. The third-order valence-corrected chi connectivity index (χ3v) is 3.81. The molecule has 0 spiro atoms. The number of benzene rings is 1. The molecule has 2 N–H and O–H groups in total. The molecule has 5 nitrogen and oxygen atoms in total. The molecule has 3 aromatic rings. The van der Waals surface area contributed by atoms with Crippen molar-refractivity contribution in [2.75, 3.05) is 6.54 Å². The van der Waals surface area contributed by atoms with Crippen LogP contribution in [0, 0.1) is 13.8 Å². The molecule has 0 bridgehead atoms. The summed E-state index contributed by atoms with van der Waals surface area (Å²) >= 11 is 0. The Morgan fingerprint density at radius 1 is 1.22 bits per heavy atom. The Kier molecular flexibility index (Phi) is 4.02. The number of carbonyl (C=O) groups excluding carboxylic acids is 1. The van der Waals surface area contributed by atoms with Crippen molar-refractivity contribution < 1.29 is 9.90 Å². The highest BCUT2D eigenvalue weighted by Gasteiger charge is 2.16. The average molecular weight is 309 g/mol. The number of hydrogen-bond donors (Lipinski definition) is 2. The minimum Gasteiger partial charge on any atom is -0.508 e. The molecule has 23 heavy (non-hydrogen) atoms. The first kappa shape index (κ1) is 15.1. The Hall–Kier alpha value is -2.82. The first-order valence-electron chi connectivity index (χ1n) is 7.56. The van der Waals surface area contributed by atoms with Crippen molar-refractivity contribution in [2.24, 2.45) is 0 Å². The molecule has 2 heterocycles. The lowest BCUT2D eigenvalue weighted by molar-refractivity contribution is 0.0947. The van der Waals surface area contributed by atoms with Crippen LogP contribution >= 0.6 is 0 Å². The van der Waals surface area contributed by atoms with Crippen LogP contribution in [0.25, 0.3) is 5.65 Å². The predicted molar refractivity (Wildman–Crippen MR) is 88.8 cm³/mol. The molecule has 0 fully saturated rings. The zero-order valence-corrected chi connectivity index (χ0v) is 13.2. The van der Waals surface area contributed by atoms with Gasteiger partial charge in [0, 0.05) is 12.7 Å². The maximum Gasteiger partial charge on any atom is 0.270 e. The fourth-order valence-corrected chi connectivity index (χ4v) is 2.60. The summed E-state index contributed by atoms with van der Waals surface area (Å²) in [5, 5.41) is 12.2. The first-order chi connectivity index (χ1) is 11.0. The molecule has 0 aliphatic carbocycles. The van der Waals surface area contributed by atoms with Gasteiger partial charge in [-0.3, -0.25) is 9.20 Å². The van der Waals surface area contributed by atoms with Gasteiger partial charge in [0.25, 0.3) is 5.91 Å². The summed E-state index contributed by atoms with van der Waals surface area (Å²) in [6.45, 7) is 4.38. The van der Waals surface area contributed by atoms with Gasteiger partial charge in [-0.05, 0) is 55.7 Å². The summed E-state index contributed by atoms with van der Waals surface area (Å²) < 4.78 is 1.82. The Balaban J connectivity index is 1.71. The second-order valence-corrected chi connectivity index (χ2v) is 5.65. The number of imidazole rings is 1. The van der Waals surface area contributed by atoms with Gasteiger partial charge in [0.05, 0.1) is 5.69 Å². The number of fused-ring (bicyclic) bond motifs is 1. The number of aryl methyl sites for hydroxylation is 2. The van der Waals surface area contributed by atoms with Gasteiger partial charge in [-0.2, -0.15) is 0 Å². The van der Waals surface area contributed by atoms with Gasteiger partial charge in [0.1, 0.15) is 17.1 Å². The molecule has 0 unspecified atom stereocenters. The van der Waals surface area contributed by atoms with Crippen LogP contribution in [0.15, 0.2) is 42.6 Å². The maximum absolute atomic E-state index is 12.5. The normalized spacial score (nSPS) is 10.9. The number of nitrogens with zero attached hydrogens (tertiary/aromatic N) is 2. The van der Waals surface area contributed by atoms with Crippen LogP contribution in [-0.4, -0.2) is 26.9 Å². The molecule has 0 aliphatic heterocycles. The van der Waals surface area contributed by atoms with Crippen molar-refractivity contribution in [3.8, 4) is 5.75 Å². The van der Waals surface area contributed by atoms with Crippen LogP contribution in [0.3, 0.4) is 0 Å². The summed E-state index contributed by atoms with van der Waals surface area (Å²) in [6.07, 6.45) is 2.58. The number of aromatic nitrogens is 2. The Bertz CT molecular complexity index is 851. The Morgan fingerprint density at radius 2 is 1.96 bits per heavy atom. The second kappa shape index (κ2) is 6.12. The lowest BCUT2D eigenvalue weighted by Gasteiger charge is -2.06. The number of phenols is 1. The van der Waals surface area contributed by atoms with Gasteiger partial charge in [-0.25, -0.2) is 4.98 Å². The van der Waals surface area contributed by atoms with Crippen molar-refractivity contribution in [3.05, 3.63) is 65.1 Å². The largest absolute Gasteiger partial charge is 0.508 e. The Labute approximate surface area is 134 Å². The summed E-state index contributed by atoms with van der Waals surface area (Å²) in [5.74, 6) is 0.118. The van der Waals surface area contributed by atoms with E-state index in [1.165, 1.54) is 0 Å². The van der Waals surface area contributed by atoms with E-state index in [1.54, 1.807) is 12.1 Å². The number of phenolic OH excluding ortho intramolecular Hbond substituents is 1. The predicted octanol–water partition coefficient (Wildman–Crippen LogP) is 2.63. The fourth-order valence-electron chi connectivity index (χ4n) is 2.60. The van der Waals surface area contributed by atoms with Crippen LogP contribution in [-0.2, 0) is 6.42 Å². The molecule has 0 radical (unpaired) electrons. The highest BCUT2D eigenvalue weighted by molar-refractivity contribution is 5.94. The van der Waals surface area contributed by atoms with E-state index in [1.807, 2.05) is 48.7 Å². The van der Waals surface area contributed by atoms with E-state index in [4.69, 9.17) is 0 Å². The van der Waals surface area contributed by atoms with E-state index >= 15 is 0 Å². The zero-order chi connectivity index (χ0) is 16.4. The lowest BCUT2D eigenvalue weighted by Crippen LogP contribution is -2.27. The van der Waals surface area contributed by atoms with E-state index in [0.717, 1.165) is 22.5 Å². The van der Waals surface area contributed by atoms with Crippen molar-refractivity contribution in [3.63, 3.8) is 0 Å². The molecule has 118 valence electrons. The average Bonchev–Trinajstić information content (AvgIpc) is 2.84. The molecular formula is C18H19N3O2. The molecule has 1 aromatic carbocycles. The molecule has 3 rings (SSSR count). The monoisotopic (exact) mass is 309 g/mol. The minimum absolute atomic E-state index is 0.127. The van der Waals surface area contributed by atoms with E-state index in [-0.39, 0.29) is 11.7 Å². The molecule has 0 saturated carbocycles. The van der Waals surface area contributed by atoms with Gasteiger partial charge in [0.15, 0.2) is 0 Å². The molecule has 2 aromatic heterocycles. The van der Waals surface area contributed by atoms with E-state index in [2.05, 4.69) is 10.3 Å². The number of pyridine rings is 1. The maximum atomic E-state index is 12.5. The van der Waals surface area contributed by atoms with Gasteiger partial charge in [-0.15, -0.1) is 0 Å². The number of nitrogens with one attached hydrogen (secondary N) is 1. The SMILES string of the molecule is Cc1ccn2c(C(=O)NCCc3ccc(O)cc3)c(C)nc2c1. The quantitative estimate of drug-likeness (QED) is 0.778. The number of hydrogen-bond acceptors (Lipinski definition) is 3. The van der Waals surface area contributed by atoms with Crippen LogP contribution in [0.1, 0.15) is 27.3 Å². The minimum atomic E-state index is -0.127. The van der Waals surface area contributed by atoms with Crippen molar-refractivity contribution >= 4 is 11.6 Å². The van der Waals surface area contributed by atoms with Crippen LogP contribution in [0.2, 0.25) is 0 Å². The number of aromatic hydroxyl groups is 1. The van der Waals surface area contributed by atoms with Gasteiger partial charge in [0.2, 0.25) is 0 Å². The summed E-state index contributed by atoms with van der Waals surface area (Å²) in [5.41, 5.74) is 4.25. The molecule has 0 atom stereocenters. The van der Waals surface area contributed by atoms with Gasteiger partial charge in [-0.1, -0.05) is 12.1 Å². The van der Waals surface area contributed by atoms with Crippen LogP contribution < -0.4 is 5.32 Å². The van der Waals surface area contributed by atoms with Crippen molar-refractivity contribution in [1.29, 1.82) is 0 Å². The summed E-state index contributed by atoms with van der Waals surface area (Å²) in [6, 6.07) is 10.9. The van der Waals surface area contributed by atoms with Crippen LogP contribution in [0.5, 0.6) is 5.75 Å². The van der Waals surface area contributed by atoms with Gasteiger partial charge < -0.3 is 10.4 Å². The summed E-state index contributed by atoms with van der Waals surface area (Å²) in [4.78, 5) is 16.9. The molecular weight excluding hydrogens is 290 g/mol. The molecule has 1 amide bonds. The Morgan fingerprint density at radius 3 is 2.70 bits per heavy atom. The topological polar surface area (TPSA) is 66.6 Å². The first-order valence-corrected chi connectivity index (χ1v) is 7.56. The zero-order valence-electron chi connectivity index (χ0n) is 13.2. The molecule has 0 saturated heterocycles. The molecule has 0 aliphatic rings. The summed E-state index contributed by atoms with van der Waals surface area (Å²) in [7, 11) is 0. The standard InChI is InChI=1S/C18H19N3O2/c1-12-8-10-21-16(11-12)20-13(2)17(21)18(23)19-9-7-14-3-5-15(22)6-4-14/h3-6,8,10-11,22H,7,9H2,1-2H3,(H,19,23). The van der Waals surface area contributed by atoms with Crippen molar-refractivity contribution in [1.82, 2.24) is 14.7 Å².